The lowest BCUT2D eigenvalue weighted by Crippen LogP contribution is -2.56. The fourth-order valence-electron chi connectivity index (χ4n) is 3.24. The molecule has 3 nitrogen and oxygen atoms in total. The van der Waals surface area contributed by atoms with Gasteiger partial charge in [-0.25, -0.2) is 0 Å². The topological polar surface area (TPSA) is 30.5 Å². The molecule has 0 saturated carbocycles. The molecule has 1 saturated heterocycles. The molecule has 1 aromatic carbocycles. The zero-order valence-corrected chi connectivity index (χ0v) is 12.4. The van der Waals surface area contributed by atoms with E-state index >= 15 is 0 Å². The van der Waals surface area contributed by atoms with Gasteiger partial charge in [-0.2, -0.15) is 0 Å². The maximum Gasteiger partial charge on any atom is 0.122 e. The van der Waals surface area contributed by atoms with E-state index in [9.17, 15) is 0 Å². The molecule has 0 spiro atoms. The molecule has 1 N–H and O–H groups in total. The van der Waals surface area contributed by atoms with Gasteiger partial charge in [0.2, 0.25) is 0 Å². The smallest absolute Gasteiger partial charge is 0.122 e. The summed E-state index contributed by atoms with van der Waals surface area (Å²) in [5, 5.41) is 3.33. The number of nitrogens with one attached hydrogen (secondary N) is 1. The first kappa shape index (κ1) is 14.4. The van der Waals surface area contributed by atoms with Crippen LogP contribution in [0.2, 0.25) is 0 Å². The average molecular weight is 263 g/mol. The minimum absolute atomic E-state index is 0.0871. The Kier molecular flexibility index (Phi) is 4.48. The second-order valence-electron chi connectivity index (χ2n) is 5.76. The van der Waals surface area contributed by atoms with E-state index in [1.165, 1.54) is 5.56 Å². The van der Waals surface area contributed by atoms with Crippen molar-refractivity contribution in [3.8, 4) is 5.75 Å². The van der Waals surface area contributed by atoms with Gasteiger partial charge in [0.15, 0.2) is 0 Å². The molecule has 19 heavy (non-hydrogen) atoms. The van der Waals surface area contributed by atoms with Crippen LogP contribution in [0.4, 0.5) is 0 Å². The number of rotatable bonds is 6. The van der Waals surface area contributed by atoms with Crippen molar-refractivity contribution >= 4 is 0 Å². The van der Waals surface area contributed by atoms with Gasteiger partial charge in [0.25, 0.3) is 0 Å². The molecule has 1 aliphatic heterocycles. The summed E-state index contributed by atoms with van der Waals surface area (Å²) in [7, 11) is 3.76. The van der Waals surface area contributed by atoms with Gasteiger partial charge in [0.1, 0.15) is 5.75 Å². The standard InChI is InChI=1S/C16H25NO2/c1-12(2)14(9-17-3)16(10-19-11-16)13-7-5-6-8-15(13)18-4/h5-8,12,14,17H,9-11H2,1-4H3. The van der Waals surface area contributed by atoms with Crippen molar-refractivity contribution in [3.63, 3.8) is 0 Å². The summed E-state index contributed by atoms with van der Waals surface area (Å²) >= 11 is 0. The molecule has 1 fully saturated rings. The molecule has 0 amide bonds. The lowest BCUT2D eigenvalue weighted by atomic mass is 9.64. The number of methoxy groups -OCH3 is 1. The second-order valence-corrected chi connectivity index (χ2v) is 5.76. The molecule has 0 radical (unpaired) electrons. The summed E-state index contributed by atoms with van der Waals surface area (Å²) in [5.74, 6) is 2.12. The van der Waals surface area contributed by atoms with E-state index in [-0.39, 0.29) is 5.41 Å². The van der Waals surface area contributed by atoms with Crippen molar-refractivity contribution in [1.29, 1.82) is 0 Å². The zero-order chi connectivity index (χ0) is 13.9. The van der Waals surface area contributed by atoms with Crippen LogP contribution in [0.15, 0.2) is 24.3 Å². The summed E-state index contributed by atoms with van der Waals surface area (Å²) in [6.45, 7) is 7.16. The van der Waals surface area contributed by atoms with Gasteiger partial charge in [-0.05, 0) is 31.5 Å². The van der Waals surface area contributed by atoms with E-state index in [4.69, 9.17) is 9.47 Å². The minimum atomic E-state index is 0.0871. The molecule has 0 bridgehead atoms. The summed E-state index contributed by atoms with van der Waals surface area (Å²) in [6, 6.07) is 8.35. The maximum absolute atomic E-state index is 5.59. The predicted molar refractivity (Wildman–Crippen MR) is 77.7 cm³/mol. The summed E-state index contributed by atoms with van der Waals surface area (Å²) in [5.41, 5.74) is 1.38. The highest BCUT2D eigenvalue weighted by atomic mass is 16.5. The molecule has 1 atom stereocenters. The molecule has 106 valence electrons. The Morgan fingerprint density at radius 2 is 2.00 bits per heavy atom. The van der Waals surface area contributed by atoms with Crippen molar-refractivity contribution in [2.45, 2.75) is 19.3 Å². The first-order valence-corrected chi connectivity index (χ1v) is 7.01. The van der Waals surface area contributed by atoms with E-state index in [1.54, 1.807) is 7.11 Å². The second kappa shape index (κ2) is 5.93. The quantitative estimate of drug-likeness (QED) is 0.855. The van der Waals surface area contributed by atoms with E-state index in [1.807, 2.05) is 19.2 Å². The van der Waals surface area contributed by atoms with Crippen molar-refractivity contribution < 1.29 is 9.47 Å². The van der Waals surface area contributed by atoms with Crippen molar-refractivity contribution in [2.24, 2.45) is 11.8 Å². The van der Waals surface area contributed by atoms with Crippen LogP contribution in [0.1, 0.15) is 19.4 Å². The molecular weight excluding hydrogens is 238 g/mol. The monoisotopic (exact) mass is 263 g/mol. The Morgan fingerprint density at radius 1 is 1.32 bits per heavy atom. The van der Waals surface area contributed by atoms with Gasteiger partial charge in [-0.1, -0.05) is 32.0 Å². The molecule has 2 rings (SSSR count). The van der Waals surface area contributed by atoms with Gasteiger partial charge in [-0.15, -0.1) is 0 Å². The van der Waals surface area contributed by atoms with Crippen LogP contribution in [-0.2, 0) is 10.2 Å². The average Bonchev–Trinajstić information content (AvgIpc) is 2.37. The Labute approximate surface area is 116 Å². The predicted octanol–water partition coefficient (Wildman–Crippen LogP) is 2.45. The van der Waals surface area contributed by atoms with Crippen LogP contribution in [0.25, 0.3) is 0 Å². The fraction of sp³-hybridized carbons (Fsp3) is 0.625. The molecule has 3 heteroatoms. The van der Waals surface area contributed by atoms with Crippen LogP contribution in [0.5, 0.6) is 5.75 Å². The van der Waals surface area contributed by atoms with Gasteiger partial charge < -0.3 is 14.8 Å². The Hall–Kier alpha value is -1.06. The van der Waals surface area contributed by atoms with Crippen molar-refractivity contribution in [2.75, 3.05) is 33.9 Å². The lowest BCUT2D eigenvalue weighted by molar-refractivity contribution is -0.100. The first-order valence-electron chi connectivity index (χ1n) is 7.01. The van der Waals surface area contributed by atoms with Crippen LogP contribution in [0, 0.1) is 11.8 Å². The third kappa shape index (κ3) is 2.49. The molecule has 1 aromatic rings. The third-order valence-corrected chi connectivity index (χ3v) is 4.30. The summed E-state index contributed by atoms with van der Waals surface area (Å²) < 4.78 is 11.1. The summed E-state index contributed by atoms with van der Waals surface area (Å²) in [6.07, 6.45) is 0. The minimum Gasteiger partial charge on any atom is -0.496 e. The van der Waals surface area contributed by atoms with E-state index in [0.29, 0.717) is 11.8 Å². The zero-order valence-electron chi connectivity index (χ0n) is 12.4. The highest BCUT2D eigenvalue weighted by Crippen LogP contribution is 2.45. The molecule has 0 aromatic heterocycles. The number of benzene rings is 1. The largest absolute Gasteiger partial charge is 0.496 e. The molecule has 1 unspecified atom stereocenters. The lowest BCUT2D eigenvalue weighted by Gasteiger charge is -2.49. The Bertz CT molecular complexity index is 413. The van der Waals surface area contributed by atoms with Gasteiger partial charge >= 0.3 is 0 Å². The Balaban J connectivity index is 2.41. The molecule has 0 aliphatic carbocycles. The SMILES string of the molecule is CNCC(C(C)C)C1(c2ccccc2OC)COC1. The highest BCUT2D eigenvalue weighted by molar-refractivity contribution is 5.42. The number of hydrogen-bond donors (Lipinski definition) is 1. The normalized spacial score (nSPS) is 19.0. The first-order chi connectivity index (χ1) is 9.15. The third-order valence-electron chi connectivity index (χ3n) is 4.30. The van der Waals surface area contributed by atoms with Gasteiger partial charge in [-0.3, -0.25) is 0 Å². The maximum atomic E-state index is 5.59. The van der Waals surface area contributed by atoms with Crippen LogP contribution in [0.3, 0.4) is 0 Å². The van der Waals surface area contributed by atoms with Crippen LogP contribution >= 0.6 is 0 Å². The van der Waals surface area contributed by atoms with E-state index < -0.39 is 0 Å². The van der Waals surface area contributed by atoms with Crippen molar-refractivity contribution in [1.82, 2.24) is 5.32 Å². The van der Waals surface area contributed by atoms with E-state index in [0.717, 1.165) is 25.5 Å². The Morgan fingerprint density at radius 3 is 2.47 bits per heavy atom. The van der Waals surface area contributed by atoms with Gasteiger partial charge in [0.05, 0.1) is 20.3 Å². The van der Waals surface area contributed by atoms with E-state index in [2.05, 4.69) is 31.3 Å². The molecule has 1 heterocycles. The number of para-hydroxylation sites is 1. The number of ether oxygens (including phenoxy) is 2. The summed E-state index contributed by atoms with van der Waals surface area (Å²) in [4.78, 5) is 0. The van der Waals surface area contributed by atoms with Gasteiger partial charge in [0, 0.05) is 11.0 Å². The molecular formula is C16H25NO2. The highest BCUT2D eigenvalue weighted by Gasteiger charge is 2.49. The number of hydrogen-bond acceptors (Lipinski definition) is 3. The van der Waals surface area contributed by atoms with Crippen LogP contribution < -0.4 is 10.1 Å². The van der Waals surface area contributed by atoms with Crippen LogP contribution in [-0.4, -0.2) is 33.9 Å². The van der Waals surface area contributed by atoms with Crippen molar-refractivity contribution in [3.05, 3.63) is 29.8 Å². The fourth-order valence-corrected chi connectivity index (χ4v) is 3.24. The molecule has 1 aliphatic rings.